The molecule has 0 aromatic heterocycles. The molecule has 0 saturated carbocycles. The molecule has 0 aromatic carbocycles. The molecule has 5 heteroatoms. The number of rotatable bonds is 0. The maximum atomic E-state index is 8.38. The van der Waals surface area contributed by atoms with Crippen LogP contribution >= 0.6 is 0 Å². The molecule has 0 fully saturated rings. The predicted octanol–water partition coefficient (Wildman–Crippen LogP) is -1.80. The summed E-state index contributed by atoms with van der Waals surface area (Å²) in [7, 11) is 0. The Balaban J connectivity index is -0.0000000133. The topological polar surface area (TPSA) is 34.1 Å². The van der Waals surface area contributed by atoms with E-state index in [0.29, 0.717) is 16.2 Å². The number of hydrogen-bond donors (Lipinski definition) is 0. The summed E-state index contributed by atoms with van der Waals surface area (Å²) in [6.07, 6.45) is 0. The van der Waals surface area contributed by atoms with E-state index in [4.69, 9.17) is 7.38 Å². The van der Waals surface area contributed by atoms with Gasteiger partial charge in [-0.05, 0) is 0 Å². The Bertz CT molecular complexity index is 11.6. The third kappa shape index (κ3) is 27.3. The van der Waals surface area contributed by atoms with E-state index in [9.17, 15) is 0 Å². The molecule has 2 nitrogen and oxygen atoms in total. The average Bonchev–Trinajstić information content (AvgIpc) is 1.50. The van der Waals surface area contributed by atoms with Crippen LogP contribution in [0.15, 0.2) is 0 Å². The van der Waals surface area contributed by atoms with Crippen molar-refractivity contribution in [2.75, 3.05) is 0 Å². The molecule has 0 atom stereocenters. The first-order valence-electron chi connectivity index (χ1n) is 0.577. The molecule has 0 rings (SSSR count). The fourth-order valence-corrected chi connectivity index (χ4v) is 0. The van der Waals surface area contributed by atoms with Gasteiger partial charge in [0.15, 0.2) is 0 Å². The summed E-state index contributed by atoms with van der Waals surface area (Å²) in [6.45, 7) is 0. The molecule has 0 aromatic rings. The van der Waals surface area contributed by atoms with E-state index >= 15 is 0 Å². The van der Waals surface area contributed by atoms with Gasteiger partial charge in [0.1, 0.15) is 0 Å². The summed E-state index contributed by atoms with van der Waals surface area (Å²) in [4.78, 5) is 0. The van der Waals surface area contributed by atoms with Gasteiger partial charge in [0.05, 0.1) is 0 Å². The van der Waals surface area contributed by atoms with Crippen molar-refractivity contribution in [1.29, 1.82) is 0 Å². The van der Waals surface area contributed by atoms with Crippen LogP contribution in [0.25, 0.3) is 0 Å². The molecular formula is H3AlO2PbZn. The quantitative estimate of drug-likeness (QED) is 0.490. The molecule has 0 aliphatic carbocycles. The van der Waals surface area contributed by atoms with Crippen molar-refractivity contribution in [3.63, 3.8) is 0 Å². The van der Waals surface area contributed by atoms with Crippen LogP contribution in [-0.2, 0) is 25.6 Å². The Morgan fingerprint density at radius 1 is 1.20 bits per heavy atom. The van der Waals surface area contributed by atoms with Gasteiger partial charge in [-0.15, -0.1) is 0 Å². The van der Waals surface area contributed by atoms with E-state index < -0.39 is 0 Å². The van der Waals surface area contributed by atoms with Crippen LogP contribution in [0.4, 0.5) is 0 Å². The summed E-state index contributed by atoms with van der Waals surface area (Å²) in [5.41, 5.74) is 0. The summed E-state index contributed by atoms with van der Waals surface area (Å²) >= 11 is 0.736. The van der Waals surface area contributed by atoms with E-state index in [2.05, 4.69) is 0 Å². The van der Waals surface area contributed by atoms with Gasteiger partial charge in [0.25, 0.3) is 0 Å². The molecule has 24 valence electrons. The predicted molar refractivity (Wildman–Crippen MR) is 17.1 cm³/mol. The third-order valence-electron chi connectivity index (χ3n) is 0. The maximum absolute atomic E-state index is 8.38. The van der Waals surface area contributed by atoms with Crippen LogP contribution < -0.4 is 0 Å². The second-order valence-corrected chi connectivity index (χ2v) is 0. The van der Waals surface area contributed by atoms with E-state index in [0.717, 1.165) is 0 Å². The number of hydrogen-bond acceptors (Lipinski definition) is 2. The fourth-order valence-electron chi connectivity index (χ4n) is 0. The second kappa shape index (κ2) is 44.1. The first-order chi connectivity index (χ1) is 2.00. The molecule has 0 heterocycles. The Morgan fingerprint density at radius 2 is 1.20 bits per heavy atom. The second-order valence-electron chi connectivity index (χ2n) is 0. The van der Waals surface area contributed by atoms with Crippen LogP contribution in [0.5, 0.6) is 0 Å². The zero-order valence-electron chi connectivity index (χ0n) is 2.94. The molecule has 0 amide bonds. The first-order valence-corrected chi connectivity index (χ1v) is 2.37. The summed E-state index contributed by atoms with van der Waals surface area (Å²) in [5.74, 6) is 0. The van der Waals surface area contributed by atoms with Gasteiger partial charge in [-0.25, -0.2) is 0 Å². The minimum absolute atomic E-state index is 0. The zero-order chi connectivity index (χ0) is 4.00. The van der Waals surface area contributed by atoms with Gasteiger partial charge >= 0.3 is 69.2 Å². The van der Waals surface area contributed by atoms with Gasteiger partial charge in [0.2, 0.25) is 0 Å². The Labute approximate surface area is 68.4 Å². The average molecular weight is 335 g/mol. The normalized spacial score (nSPS) is 1.80. The van der Waals surface area contributed by atoms with Crippen LogP contribution in [0.2, 0.25) is 0 Å². The monoisotopic (exact) mass is 334 g/mol. The van der Waals surface area contributed by atoms with Crippen LogP contribution in [0.1, 0.15) is 0 Å². The Morgan fingerprint density at radius 3 is 1.20 bits per heavy atom. The van der Waals surface area contributed by atoms with E-state index in [1.165, 1.54) is 0 Å². The molecule has 0 bridgehead atoms. The molecule has 2 radical (unpaired) electrons. The van der Waals surface area contributed by atoms with Crippen LogP contribution in [0.3, 0.4) is 0 Å². The Hall–Kier alpha value is 1.68. The molecular weight excluding hydrogens is 332 g/mol. The van der Waals surface area contributed by atoms with Crippen molar-refractivity contribution in [1.82, 2.24) is 0 Å². The molecule has 0 aliphatic rings. The van der Waals surface area contributed by atoms with E-state index in [1.807, 2.05) is 0 Å². The standard InChI is InChI=1S/Al.2O.Pb.Zn.3H. The minimum atomic E-state index is 0. The van der Waals surface area contributed by atoms with Gasteiger partial charge in [0, 0.05) is 0 Å². The first kappa shape index (κ1) is 15.9. The third-order valence-corrected chi connectivity index (χ3v) is 0. The zero-order valence-corrected chi connectivity index (χ0v) is 12.8. The van der Waals surface area contributed by atoms with Gasteiger partial charge in [-0.1, -0.05) is 0 Å². The molecule has 0 unspecified atom stereocenters. The summed E-state index contributed by atoms with van der Waals surface area (Å²) in [5, 5.41) is 0. The summed E-state index contributed by atoms with van der Waals surface area (Å²) in [6, 6.07) is 0. The van der Waals surface area contributed by atoms with Crippen molar-refractivity contribution in [3.8, 4) is 0 Å². The van der Waals surface area contributed by atoms with Crippen molar-refractivity contribution in [2.45, 2.75) is 0 Å². The van der Waals surface area contributed by atoms with Gasteiger partial charge in [-0.2, -0.15) is 0 Å². The molecule has 0 spiro atoms. The van der Waals surface area contributed by atoms with Crippen LogP contribution in [0, 0.1) is 0 Å². The molecule has 0 aliphatic heterocycles. The fraction of sp³-hybridized carbons (Fsp3) is 0. The SMILES string of the molecule is [O]=[AlH].[O]=[Zn].[PbH2]. The van der Waals surface area contributed by atoms with E-state index in [-0.39, 0.29) is 45.6 Å². The van der Waals surface area contributed by atoms with Gasteiger partial charge in [-0.3, -0.25) is 0 Å². The van der Waals surface area contributed by atoms with Crippen molar-refractivity contribution < 1.29 is 25.6 Å². The Kier molecular flexibility index (Phi) is 140. The van der Waals surface area contributed by atoms with Crippen molar-refractivity contribution >= 4 is 43.5 Å². The van der Waals surface area contributed by atoms with Crippen molar-refractivity contribution in [3.05, 3.63) is 0 Å². The van der Waals surface area contributed by atoms with Crippen LogP contribution in [-0.4, -0.2) is 43.5 Å². The molecule has 0 N–H and O–H groups in total. The van der Waals surface area contributed by atoms with Crippen molar-refractivity contribution in [2.24, 2.45) is 0 Å². The summed E-state index contributed by atoms with van der Waals surface area (Å²) < 4.78 is 16.7. The molecule has 5 heavy (non-hydrogen) atoms. The van der Waals surface area contributed by atoms with E-state index in [1.54, 1.807) is 0 Å². The molecule has 0 saturated heterocycles. The van der Waals surface area contributed by atoms with Gasteiger partial charge < -0.3 is 0 Å².